The van der Waals surface area contributed by atoms with Gasteiger partial charge in [-0.05, 0) is 41.2 Å². The second-order valence-corrected chi connectivity index (χ2v) is 11.9. The van der Waals surface area contributed by atoms with Gasteiger partial charge in [-0.15, -0.1) is 0 Å². The zero-order valence-electron chi connectivity index (χ0n) is 23.3. The fraction of sp³-hybridized carbons (Fsp3) is 0.158. The first-order valence-corrected chi connectivity index (χ1v) is 15.1. The van der Waals surface area contributed by atoms with E-state index in [9.17, 15) is 14.7 Å². The Morgan fingerprint density at radius 3 is 1.56 bits per heavy atom. The van der Waals surface area contributed by atoms with E-state index in [-0.39, 0.29) is 18.0 Å². The summed E-state index contributed by atoms with van der Waals surface area (Å²) >= 11 is 13.8. The van der Waals surface area contributed by atoms with E-state index in [1.165, 1.54) is 0 Å². The highest BCUT2D eigenvalue weighted by atomic mass is 35.5. The molecule has 0 bridgehead atoms. The molecule has 3 nitrogen and oxygen atoms in total. The summed E-state index contributed by atoms with van der Waals surface area (Å²) in [5.41, 5.74) is 1.31. The van der Waals surface area contributed by atoms with Crippen molar-refractivity contribution < 1.29 is 14.7 Å². The number of rotatable bonds is 7. The lowest BCUT2D eigenvalue weighted by molar-refractivity contribution is -0.0690. The normalized spacial score (nSPS) is 23.4. The van der Waals surface area contributed by atoms with E-state index < -0.39 is 29.3 Å². The third-order valence-corrected chi connectivity index (χ3v) is 9.46. The van der Waals surface area contributed by atoms with Crippen molar-refractivity contribution in [1.29, 1.82) is 0 Å². The molecule has 0 aromatic heterocycles. The van der Waals surface area contributed by atoms with Crippen LogP contribution in [-0.2, 0) is 5.60 Å². The van der Waals surface area contributed by atoms with Crippen molar-refractivity contribution in [2.45, 2.75) is 23.9 Å². The van der Waals surface area contributed by atoms with Crippen LogP contribution in [-0.4, -0.2) is 16.7 Å². The van der Waals surface area contributed by atoms with Gasteiger partial charge in [-0.3, -0.25) is 9.59 Å². The Hall–Kier alpha value is -4.02. The van der Waals surface area contributed by atoms with Crippen molar-refractivity contribution in [2.75, 3.05) is 0 Å². The Labute approximate surface area is 261 Å². The minimum absolute atomic E-state index is 0.105. The molecule has 0 heterocycles. The number of Topliss-reactive ketones (excluding diaryl/α,β-unsaturated/α-hetero) is 2. The van der Waals surface area contributed by atoms with Crippen LogP contribution in [0, 0.1) is 11.8 Å². The first kappa shape index (κ1) is 29.1. The average Bonchev–Trinajstić information content (AvgIpc) is 3.05. The van der Waals surface area contributed by atoms with Gasteiger partial charge in [0.1, 0.15) is 5.60 Å². The summed E-state index contributed by atoms with van der Waals surface area (Å²) in [5, 5.41) is 14.0. The lowest BCUT2D eigenvalue weighted by Gasteiger charge is -2.51. The van der Waals surface area contributed by atoms with Crippen LogP contribution < -0.4 is 0 Å². The first-order chi connectivity index (χ1) is 20.9. The van der Waals surface area contributed by atoms with Crippen LogP contribution in [0.5, 0.6) is 0 Å². The minimum atomic E-state index is -1.66. The molecular weight excluding hydrogens is 575 g/mol. The highest BCUT2D eigenvalue weighted by molar-refractivity contribution is 6.32. The molecule has 1 aliphatic rings. The zero-order chi connectivity index (χ0) is 30.0. The molecule has 1 fully saturated rings. The van der Waals surface area contributed by atoms with E-state index >= 15 is 0 Å². The maximum Gasteiger partial charge on any atom is 0.169 e. The number of hydrogen-bond donors (Lipinski definition) is 1. The standard InChI is InChI=1S/C38H30Cl2O3/c39-31-22-12-10-20-28(31)30-24-38(43,27-18-8-3-9-19-27)35(37(42)26-16-6-2-7-17-26)33(29-21-11-13-23-32(29)40)34(30)36(41)25-14-4-1-5-15-25/h1-23,30,33-35,43H,24H2. The van der Waals surface area contributed by atoms with Crippen molar-refractivity contribution in [2.24, 2.45) is 11.8 Å². The summed E-state index contributed by atoms with van der Waals surface area (Å²) in [7, 11) is 0. The molecule has 0 spiro atoms. The van der Waals surface area contributed by atoms with E-state index in [1.54, 1.807) is 48.5 Å². The third kappa shape index (κ3) is 5.45. The predicted molar refractivity (Wildman–Crippen MR) is 172 cm³/mol. The predicted octanol–water partition coefficient (Wildman–Crippen LogP) is 9.15. The van der Waals surface area contributed by atoms with Gasteiger partial charge >= 0.3 is 0 Å². The van der Waals surface area contributed by atoms with E-state index in [0.717, 1.165) is 5.56 Å². The van der Waals surface area contributed by atoms with Gasteiger partial charge < -0.3 is 5.11 Å². The molecule has 0 saturated heterocycles. The van der Waals surface area contributed by atoms with Crippen LogP contribution in [0.1, 0.15) is 55.7 Å². The molecule has 1 saturated carbocycles. The molecule has 43 heavy (non-hydrogen) atoms. The number of carbonyl (C=O) groups excluding carboxylic acids is 2. The molecule has 5 aromatic rings. The van der Waals surface area contributed by atoms with Crippen LogP contribution in [0.25, 0.3) is 0 Å². The Bertz CT molecular complexity index is 1740. The van der Waals surface area contributed by atoms with Crippen LogP contribution in [0.2, 0.25) is 10.0 Å². The molecular formula is C38H30Cl2O3. The lowest BCUT2D eigenvalue weighted by atomic mass is 9.52. The molecule has 5 heteroatoms. The topological polar surface area (TPSA) is 54.4 Å². The number of halogens is 2. The summed E-state index contributed by atoms with van der Waals surface area (Å²) in [6.45, 7) is 0. The molecule has 6 rings (SSSR count). The molecule has 5 atom stereocenters. The zero-order valence-corrected chi connectivity index (χ0v) is 24.8. The fourth-order valence-corrected chi connectivity index (χ4v) is 7.41. The quantitative estimate of drug-likeness (QED) is 0.188. The fourth-order valence-electron chi connectivity index (χ4n) is 6.87. The van der Waals surface area contributed by atoms with Crippen molar-refractivity contribution in [3.05, 3.63) is 177 Å². The van der Waals surface area contributed by atoms with Gasteiger partial charge in [0.25, 0.3) is 0 Å². The molecule has 1 aliphatic carbocycles. The Kier molecular flexibility index (Phi) is 8.32. The highest BCUT2D eigenvalue weighted by Crippen LogP contribution is 2.59. The second kappa shape index (κ2) is 12.3. The van der Waals surface area contributed by atoms with Gasteiger partial charge in [0, 0.05) is 33.0 Å². The van der Waals surface area contributed by atoms with E-state index in [2.05, 4.69) is 0 Å². The van der Waals surface area contributed by atoms with Gasteiger partial charge in [0.2, 0.25) is 0 Å². The maximum atomic E-state index is 14.8. The van der Waals surface area contributed by atoms with Crippen LogP contribution in [0.15, 0.2) is 140 Å². The summed E-state index contributed by atoms with van der Waals surface area (Å²) in [5.74, 6) is -3.49. The monoisotopic (exact) mass is 604 g/mol. The number of carbonyl (C=O) groups is 2. The van der Waals surface area contributed by atoms with Crippen molar-refractivity contribution >= 4 is 34.8 Å². The number of aliphatic hydroxyl groups is 1. The first-order valence-electron chi connectivity index (χ1n) is 14.4. The van der Waals surface area contributed by atoms with E-state index in [1.807, 2.05) is 91.0 Å². The summed E-state index contributed by atoms with van der Waals surface area (Å²) in [6, 6.07) is 42.1. The molecule has 0 radical (unpaired) electrons. The van der Waals surface area contributed by atoms with Gasteiger partial charge in [0.05, 0.1) is 5.92 Å². The smallest absolute Gasteiger partial charge is 0.169 e. The number of hydrogen-bond acceptors (Lipinski definition) is 3. The molecule has 0 amide bonds. The maximum absolute atomic E-state index is 14.8. The average molecular weight is 606 g/mol. The number of benzene rings is 5. The van der Waals surface area contributed by atoms with Gasteiger partial charge in [-0.25, -0.2) is 0 Å². The highest BCUT2D eigenvalue weighted by Gasteiger charge is 2.59. The lowest BCUT2D eigenvalue weighted by Crippen LogP contribution is -2.53. The Morgan fingerprint density at radius 1 is 0.581 bits per heavy atom. The van der Waals surface area contributed by atoms with Crippen molar-refractivity contribution in [3.8, 4) is 0 Å². The molecule has 1 N–H and O–H groups in total. The van der Waals surface area contributed by atoms with E-state index in [4.69, 9.17) is 23.2 Å². The van der Waals surface area contributed by atoms with Gasteiger partial charge in [-0.2, -0.15) is 0 Å². The summed E-state index contributed by atoms with van der Waals surface area (Å²) in [6.07, 6.45) is 0.105. The number of ketones is 2. The molecule has 5 aromatic carbocycles. The SMILES string of the molecule is O=C(c1ccccc1)C1C(c2ccccc2Cl)CC(O)(c2ccccc2)C(C(=O)c2ccccc2)C1c1ccccc1Cl. The van der Waals surface area contributed by atoms with Crippen LogP contribution in [0.4, 0.5) is 0 Å². The summed E-state index contributed by atoms with van der Waals surface area (Å²) < 4.78 is 0. The van der Waals surface area contributed by atoms with Crippen LogP contribution in [0.3, 0.4) is 0 Å². The van der Waals surface area contributed by atoms with E-state index in [0.29, 0.717) is 32.3 Å². The molecule has 0 aliphatic heterocycles. The molecule has 5 unspecified atom stereocenters. The molecule has 214 valence electrons. The Balaban J connectivity index is 1.68. The largest absolute Gasteiger partial charge is 0.384 e. The van der Waals surface area contributed by atoms with Crippen LogP contribution >= 0.6 is 23.2 Å². The van der Waals surface area contributed by atoms with Crippen molar-refractivity contribution in [1.82, 2.24) is 0 Å². The summed E-state index contributed by atoms with van der Waals surface area (Å²) in [4.78, 5) is 29.5. The van der Waals surface area contributed by atoms with Gasteiger partial charge in [-0.1, -0.05) is 151 Å². The third-order valence-electron chi connectivity index (χ3n) is 8.77. The Morgan fingerprint density at radius 2 is 1.02 bits per heavy atom. The van der Waals surface area contributed by atoms with Crippen molar-refractivity contribution in [3.63, 3.8) is 0 Å². The minimum Gasteiger partial charge on any atom is -0.384 e. The second-order valence-electron chi connectivity index (χ2n) is 11.1. The van der Waals surface area contributed by atoms with Gasteiger partial charge in [0.15, 0.2) is 11.6 Å².